The molecule has 1 aliphatic rings. The quantitative estimate of drug-likeness (QED) is 0.127. The number of hydrogen-bond acceptors (Lipinski definition) is 2. The minimum absolute atomic E-state index is 0.250. The van der Waals surface area contributed by atoms with Gasteiger partial charge in [0.15, 0.2) is 0 Å². The largest absolute Gasteiger partial charge is 0.236 e. The first-order chi connectivity index (χ1) is 32.5. The predicted molar refractivity (Wildman–Crippen MR) is 284 cm³/mol. The van der Waals surface area contributed by atoms with Crippen LogP contribution in [0.1, 0.15) is 25.0 Å². The van der Waals surface area contributed by atoms with Crippen molar-refractivity contribution in [3.8, 4) is 55.1 Å². The van der Waals surface area contributed by atoms with Crippen molar-refractivity contribution >= 4 is 86.2 Å². The van der Waals surface area contributed by atoms with Gasteiger partial charge >= 0.3 is 0 Å². The van der Waals surface area contributed by atoms with E-state index in [1.165, 1.54) is 125 Å². The molecule has 0 atom stereocenters. The monoisotopic (exact) mass is 855 g/mol. The van der Waals surface area contributed by atoms with E-state index in [1.807, 2.05) is 0 Å². The molecule has 0 aliphatic heterocycles. The van der Waals surface area contributed by atoms with Crippen molar-refractivity contribution in [1.82, 2.24) is 4.98 Å². The smallest absolute Gasteiger partial charge is 0.124 e. The molecule has 0 saturated carbocycles. The van der Waals surface area contributed by atoms with Gasteiger partial charge in [0.2, 0.25) is 0 Å². The van der Waals surface area contributed by atoms with Gasteiger partial charge in [0.05, 0.1) is 10.2 Å². The molecule has 0 saturated heterocycles. The van der Waals surface area contributed by atoms with Crippen LogP contribution in [0.15, 0.2) is 212 Å². The number of benzene rings is 12. The number of rotatable bonds is 4. The minimum Gasteiger partial charge on any atom is -0.236 e. The number of nitrogens with zero attached hydrogens (tertiary/aromatic N) is 1. The molecule has 0 spiro atoms. The van der Waals surface area contributed by atoms with Gasteiger partial charge in [0, 0.05) is 11.0 Å². The molecule has 0 amide bonds. The van der Waals surface area contributed by atoms with Crippen LogP contribution in [0, 0.1) is 0 Å². The SMILES string of the molecule is CC1(C)c2cc(-c3ccc(-c4nc5ccccc5s4)cc3)ccc2-c2cc3c(-c4cc5ccccc5c5ccccc45)c4ccccc4c(-c4cc5ccccc5c5ccccc45)c3cc21. The van der Waals surface area contributed by atoms with Crippen LogP contribution in [0.3, 0.4) is 0 Å². The Morgan fingerprint density at radius 1 is 0.333 bits per heavy atom. The highest BCUT2D eigenvalue weighted by Gasteiger charge is 2.37. The molecule has 1 nitrogen and oxygen atoms in total. The molecule has 308 valence electrons. The summed E-state index contributed by atoms with van der Waals surface area (Å²) in [6.07, 6.45) is 0. The second-order valence-electron chi connectivity index (χ2n) is 18.6. The van der Waals surface area contributed by atoms with E-state index < -0.39 is 0 Å². The van der Waals surface area contributed by atoms with E-state index in [4.69, 9.17) is 4.98 Å². The predicted octanol–water partition coefficient (Wildman–Crippen LogP) is 18.2. The number of hydrogen-bond donors (Lipinski definition) is 0. The number of aromatic nitrogens is 1. The highest BCUT2D eigenvalue weighted by molar-refractivity contribution is 7.21. The Hall–Kier alpha value is -7.91. The summed E-state index contributed by atoms with van der Waals surface area (Å²) in [4.78, 5) is 4.94. The number of fused-ring (bicyclic) bond motifs is 12. The van der Waals surface area contributed by atoms with Crippen LogP contribution in [0.25, 0.3) is 130 Å². The summed E-state index contributed by atoms with van der Waals surface area (Å²) >= 11 is 1.75. The van der Waals surface area contributed by atoms with Crippen molar-refractivity contribution in [3.05, 3.63) is 223 Å². The Bertz CT molecular complexity index is 4160. The van der Waals surface area contributed by atoms with Gasteiger partial charge in [-0.2, -0.15) is 0 Å². The van der Waals surface area contributed by atoms with Crippen LogP contribution in [-0.4, -0.2) is 4.98 Å². The Morgan fingerprint density at radius 2 is 0.803 bits per heavy atom. The Kier molecular flexibility index (Phi) is 7.97. The van der Waals surface area contributed by atoms with Crippen LogP contribution in [0.2, 0.25) is 0 Å². The third kappa shape index (κ3) is 5.43. The van der Waals surface area contributed by atoms with E-state index in [1.54, 1.807) is 11.3 Å². The molecule has 2 heteroatoms. The van der Waals surface area contributed by atoms with Gasteiger partial charge in [-0.25, -0.2) is 4.98 Å². The van der Waals surface area contributed by atoms with Crippen molar-refractivity contribution in [1.29, 1.82) is 0 Å². The first-order valence-electron chi connectivity index (χ1n) is 22.9. The fourth-order valence-electron chi connectivity index (χ4n) is 11.5. The maximum atomic E-state index is 4.94. The summed E-state index contributed by atoms with van der Waals surface area (Å²) in [6.45, 7) is 4.85. The molecule has 0 bridgehead atoms. The summed E-state index contributed by atoms with van der Waals surface area (Å²) in [6, 6.07) is 79.5. The number of para-hydroxylation sites is 1. The van der Waals surface area contributed by atoms with E-state index in [0.29, 0.717) is 0 Å². The lowest BCUT2D eigenvalue weighted by Gasteiger charge is -2.25. The fourth-order valence-corrected chi connectivity index (χ4v) is 12.5. The van der Waals surface area contributed by atoms with E-state index in [0.717, 1.165) is 16.1 Å². The van der Waals surface area contributed by atoms with Gasteiger partial charge in [-0.1, -0.05) is 184 Å². The highest BCUT2D eigenvalue weighted by Crippen LogP contribution is 2.55. The lowest BCUT2D eigenvalue weighted by molar-refractivity contribution is 0.661. The van der Waals surface area contributed by atoms with Crippen LogP contribution in [0.5, 0.6) is 0 Å². The zero-order valence-electron chi connectivity index (χ0n) is 36.6. The zero-order valence-corrected chi connectivity index (χ0v) is 37.4. The molecular weight excluding hydrogens is 815 g/mol. The Labute approximate surface area is 386 Å². The summed E-state index contributed by atoms with van der Waals surface area (Å²) < 4.78 is 1.22. The average Bonchev–Trinajstić information content (AvgIpc) is 3.90. The summed E-state index contributed by atoms with van der Waals surface area (Å²) in [7, 11) is 0. The normalized spacial score (nSPS) is 13.1. The second-order valence-corrected chi connectivity index (χ2v) is 19.6. The molecule has 1 aromatic heterocycles. The van der Waals surface area contributed by atoms with Crippen molar-refractivity contribution in [3.63, 3.8) is 0 Å². The lowest BCUT2D eigenvalue weighted by atomic mass is 9.78. The molecule has 13 aromatic rings. The van der Waals surface area contributed by atoms with Gasteiger partial charge in [0.25, 0.3) is 0 Å². The third-order valence-corrected chi connectivity index (χ3v) is 15.7. The average molecular weight is 856 g/mol. The first-order valence-corrected chi connectivity index (χ1v) is 23.8. The van der Waals surface area contributed by atoms with Crippen molar-refractivity contribution in [2.24, 2.45) is 0 Å². The van der Waals surface area contributed by atoms with Crippen molar-refractivity contribution in [2.45, 2.75) is 19.3 Å². The molecule has 14 rings (SSSR count). The maximum Gasteiger partial charge on any atom is 0.124 e. The lowest BCUT2D eigenvalue weighted by Crippen LogP contribution is -2.15. The van der Waals surface area contributed by atoms with Crippen LogP contribution in [0.4, 0.5) is 0 Å². The summed E-state index contributed by atoms with van der Waals surface area (Å²) in [5.74, 6) is 0. The van der Waals surface area contributed by atoms with Crippen molar-refractivity contribution < 1.29 is 0 Å². The topological polar surface area (TPSA) is 12.9 Å². The Balaban J connectivity index is 1.04. The van der Waals surface area contributed by atoms with E-state index >= 15 is 0 Å². The molecule has 1 aliphatic carbocycles. The Morgan fingerprint density at radius 3 is 1.41 bits per heavy atom. The third-order valence-electron chi connectivity index (χ3n) is 14.7. The van der Waals surface area contributed by atoms with Gasteiger partial charge in [-0.15, -0.1) is 11.3 Å². The molecule has 1 heterocycles. The van der Waals surface area contributed by atoms with Gasteiger partial charge in [-0.05, 0) is 163 Å². The second kappa shape index (κ2) is 14.0. The maximum absolute atomic E-state index is 4.94. The summed E-state index contributed by atoms with van der Waals surface area (Å²) in [5, 5.41) is 16.3. The standard InChI is InChI=1S/C64H41NS/c1-64(2)57-35-40(38-27-29-39(30-28-38)63-65-59-25-13-14-26-60(59)66-63)31-32-49(57)52-36-55-56(37-58(52)64)62(54-34-42-16-4-6-18-44(42)46-20-8-10-22-48(46)54)51-24-12-11-23-50(51)61(55)53-33-41-15-3-5-17-43(41)45-19-7-9-21-47(45)53/h3-37H,1-2H3. The van der Waals surface area contributed by atoms with Gasteiger partial charge in [-0.3, -0.25) is 0 Å². The van der Waals surface area contributed by atoms with E-state index in [2.05, 4.69) is 226 Å². The minimum atomic E-state index is -0.250. The van der Waals surface area contributed by atoms with Gasteiger partial charge in [0.1, 0.15) is 5.01 Å². The van der Waals surface area contributed by atoms with Gasteiger partial charge < -0.3 is 0 Å². The molecule has 0 fully saturated rings. The van der Waals surface area contributed by atoms with Crippen molar-refractivity contribution in [2.75, 3.05) is 0 Å². The molecular formula is C64H41NS. The molecule has 66 heavy (non-hydrogen) atoms. The van der Waals surface area contributed by atoms with Crippen LogP contribution < -0.4 is 0 Å². The molecule has 0 N–H and O–H groups in total. The molecule has 0 unspecified atom stereocenters. The zero-order chi connectivity index (χ0) is 43.7. The molecule has 12 aromatic carbocycles. The number of thiazole rings is 1. The van der Waals surface area contributed by atoms with E-state index in [9.17, 15) is 0 Å². The van der Waals surface area contributed by atoms with Crippen LogP contribution in [-0.2, 0) is 5.41 Å². The van der Waals surface area contributed by atoms with Crippen LogP contribution >= 0.6 is 11.3 Å². The van der Waals surface area contributed by atoms with E-state index in [-0.39, 0.29) is 5.41 Å². The fraction of sp³-hybridized carbons (Fsp3) is 0.0469. The first kappa shape index (κ1) is 37.5. The molecule has 0 radical (unpaired) electrons. The highest BCUT2D eigenvalue weighted by atomic mass is 32.1. The summed E-state index contributed by atoms with van der Waals surface area (Å²) in [5.41, 5.74) is 14.9.